The molecule has 2 aliphatic rings. The van der Waals surface area contributed by atoms with Crippen molar-refractivity contribution in [1.82, 2.24) is 10.2 Å². The molecule has 1 aromatic carbocycles. The van der Waals surface area contributed by atoms with Gasteiger partial charge in [0.2, 0.25) is 12.3 Å². The van der Waals surface area contributed by atoms with Crippen LogP contribution in [-0.2, 0) is 15.0 Å². The van der Waals surface area contributed by atoms with Crippen LogP contribution >= 0.6 is 11.6 Å². The van der Waals surface area contributed by atoms with Crippen LogP contribution in [0.5, 0.6) is 0 Å². The lowest BCUT2D eigenvalue weighted by Gasteiger charge is -2.34. The van der Waals surface area contributed by atoms with Gasteiger partial charge in [0.25, 0.3) is 0 Å². The van der Waals surface area contributed by atoms with Crippen molar-refractivity contribution in [2.45, 2.75) is 50.0 Å². The zero-order valence-electron chi connectivity index (χ0n) is 15.4. The Morgan fingerprint density at radius 2 is 2.04 bits per heavy atom. The predicted molar refractivity (Wildman–Crippen MR) is 103 cm³/mol. The number of hydrogen-bond acceptors (Lipinski definition) is 3. The minimum Gasteiger partial charge on any atom is -0.354 e. The molecular formula is C20H27ClFN3O2. The Labute approximate surface area is 164 Å². The van der Waals surface area contributed by atoms with Crippen molar-refractivity contribution in [3.05, 3.63) is 34.6 Å². The first-order chi connectivity index (χ1) is 13.0. The van der Waals surface area contributed by atoms with Crippen LogP contribution in [-0.4, -0.2) is 42.9 Å². The second kappa shape index (κ2) is 8.57. The van der Waals surface area contributed by atoms with Crippen molar-refractivity contribution in [2.24, 2.45) is 11.7 Å². The van der Waals surface area contributed by atoms with Crippen LogP contribution in [0.4, 0.5) is 4.39 Å². The fourth-order valence-electron chi connectivity index (χ4n) is 4.47. The highest BCUT2D eigenvalue weighted by molar-refractivity contribution is 6.31. The molecule has 1 aromatic rings. The highest BCUT2D eigenvalue weighted by Crippen LogP contribution is 2.44. The number of hydrogen-bond donors (Lipinski definition) is 2. The van der Waals surface area contributed by atoms with Gasteiger partial charge in [-0.05, 0) is 49.3 Å². The SMILES string of the molecule is NC(CNC(=O)C1(c2ccc(F)cc2Cl)CCCC1)C1CCN(C=O)CC1. The van der Waals surface area contributed by atoms with E-state index >= 15 is 0 Å². The van der Waals surface area contributed by atoms with Crippen LogP contribution in [0.3, 0.4) is 0 Å². The van der Waals surface area contributed by atoms with Gasteiger partial charge in [-0.15, -0.1) is 0 Å². The Hall–Kier alpha value is -1.66. The summed E-state index contributed by atoms with van der Waals surface area (Å²) in [5.41, 5.74) is 6.32. The molecule has 2 fully saturated rings. The minimum atomic E-state index is -0.703. The molecule has 27 heavy (non-hydrogen) atoms. The van der Waals surface area contributed by atoms with Gasteiger partial charge in [-0.2, -0.15) is 0 Å². The van der Waals surface area contributed by atoms with Crippen LogP contribution in [0.1, 0.15) is 44.1 Å². The normalized spacial score (nSPS) is 21.1. The molecule has 0 bridgehead atoms. The molecular weight excluding hydrogens is 369 g/mol. The first kappa shape index (κ1) is 20.1. The number of benzene rings is 1. The van der Waals surface area contributed by atoms with E-state index in [1.165, 1.54) is 12.1 Å². The van der Waals surface area contributed by atoms with Crippen molar-refractivity contribution in [3.8, 4) is 0 Å². The topological polar surface area (TPSA) is 75.4 Å². The molecule has 1 heterocycles. The maximum atomic E-state index is 13.4. The summed E-state index contributed by atoms with van der Waals surface area (Å²) in [4.78, 5) is 25.7. The van der Waals surface area contributed by atoms with Crippen molar-refractivity contribution in [1.29, 1.82) is 0 Å². The summed E-state index contributed by atoms with van der Waals surface area (Å²) in [5, 5.41) is 3.33. The number of nitrogens with zero attached hydrogens (tertiary/aromatic N) is 1. The second-order valence-electron chi connectivity index (χ2n) is 7.77. The molecule has 0 radical (unpaired) electrons. The van der Waals surface area contributed by atoms with E-state index in [1.807, 2.05) is 0 Å². The number of rotatable bonds is 6. The third-order valence-electron chi connectivity index (χ3n) is 6.17. The molecule has 148 valence electrons. The highest BCUT2D eigenvalue weighted by Gasteiger charge is 2.44. The number of carbonyl (C=O) groups is 2. The summed E-state index contributed by atoms with van der Waals surface area (Å²) >= 11 is 6.28. The smallest absolute Gasteiger partial charge is 0.230 e. The molecule has 0 aromatic heterocycles. The van der Waals surface area contributed by atoms with Gasteiger partial charge in [0.1, 0.15) is 5.82 Å². The molecule has 1 aliphatic carbocycles. The summed E-state index contributed by atoms with van der Waals surface area (Å²) in [6.45, 7) is 1.82. The first-order valence-electron chi connectivity index (χ1n) is 9.65. The van der Waals surface area contributed by atoms with Crippen molar-refractivity contribution in [3.63, 3.8) is 0 Å². The van der Waals surface area contributed by atoms with Gasteiger partial charge >= 0.3 is 0 Å². The number of amides is 2. The number of carbonyl (C=O) groups excluding carboxylic acids is 2. The lowest BCUT2D eigenvalue weighted by molar-refractivity contribution is -0.126. The molecule has 1 atom stereocenters. The van der Waals surface area contributed by atoms with Gasteiger partial charge < -0.3 is 16.0 Å². The van der Waals surface area contributed by atoms with Crippen molar-refractivity contribution in [2.75, 3.05) is 19.6 Å². The molecule has 0 spiro atoms. The molecule has 3 N–H and O–H groups in total. The number of nitrogens with one attached hydrogen (secondary N) is 1. The van der Waals surface area contributed by atoms with Gasteiger partial charge in [-0.3, -0.25) is 9.59 Å². The lowest BCUT2D eigenvalue weighted by atomic mass is 9.77. The monoisotopic (exact) mass is 395 g/mol. The Kier molecular flexibility index (Phi) is 6.37. The van der Waals surface area contributed by atoms with E-state index in [1.54, 1.807) is 11.0 Å². The van der Waals surface area contributed by atoms with E-state index in [-0.39, 0.29) is 17.9 Å². The number of halogens is 2. The third-order valence-corrected chi connectivity index (χ3v) is 6.48. The number of likely N-dealkylation sites (tertiary alicyclic amines) is 1. The summed E-state index contributed by atoms with van der Waals surface area (Å²) in [7, 11) is 0. The van der Waals surface area contributed by atoms with Crippen molar-refractivity contribution < 1.29 is 14.0 Å². The fraction of sp³-hybridized carbons (Fsp3) is 0.600. The maximum Gasteiger partial charge on any atom is 0.230 e. The average Bonchev–Trinajstić information content (AvgIpc) is 3.16. The molecule has 1 saturated carbocycles. The third kappa shape index (κ3) is 4.27. The van der Waals surface area contributed by atoms with Gasteiger partial charge in [0.15, 0.2) is 0 Å². The standard InChI is InChI=1S/C20H27ClFN3O2/c21-17-11-15(22)3-4-16(17)20(7-1-2-8-20)19(27)24-12-18(23)14-5-9-25(13-26)10-6-14/h3-4,11,13-14,18H,1-2,5-10,12,23H2,(H,24,27). The summed E-state index contributed by atoms with van der Waals surface area (Å²) in [6.07, 6.45) is 5.87. The van der Waals surface area contributed by atoms with Crippen LogP contribution in [0.2, 0.25) is 5.02 Å². The fourth-order valence-corrected chi connectivity index (χ4v) is 4.82. The highest BCUT2D eigenvalue weighted by atomic mass is 35.5. The molecule has 1 saturated heterocycles. The van der Waals surface area contributed by atoms with Crippen molar-refractivity contribution >= 4 is 23.9 Å². The van der Waals surface area contributed by atoms with E-state index < -0.39 is 11.2 Å². The van der Waals surface area contributed by atoms with E-state index in [4.69, 9.17) is 17.3 Å². The van der Waals surface area contributed by atoms with Crippen LogP contribution < -0.4 is 11.1 Å². The van der Waals surface area contributed by atoms with Crippen LogP contribution in [0.25, 0.3) is 0 Å². The summed E-state index contributed by atoms with van der Waals surface area (Å²) in [5.74, 6) is -0.189. The summed E-state index contributed by atoms with van der Waals surface area (Å²) < 4.78 is 13.4. The number of piperidine rings is 1. The Morgan fingerprint density at radius 3 is 2.63 bits per heavy atom. The second-order valence-corrected chi connectivity index (χ2v) is 8.17. The van der Waals surface area contributed by atoms with Gasteiger partial charge in [-0.25, -0.2) is 4.39 Å². The zero-order chi connectivity index (χ0) is 19.4. The van der Waals surface area contributed by atoms with Crippen LogP contribution in [0, 0.1) is 11.7 Å². The Morgan fingerprint density at radius 1 is 1.37 bits per heavy atom. The molecule has 3 rings (SSSR count). The minimum absolute atomic E-state index is 0.0747. The van der Waals surface area contributed by atoms with E-state index in [0.717, 1.165) is 32.1 Å². The summed E-state index contributed by atoms with van der Waals surface area (Å²) in [6, 6.07) is 4.13. The van der Waals surface area contributed by atoms with Gasteiger partial charge in [0, 0.05) is 30.7 Å². The van der Waals surface area contributed by atoms with E-state index in [2.05, 4.69) is 5.32 Å². The quantitative estimate of drug-likeness (QED) is 0.727. The Bertz CT molecular complexity index is 686. The Balaban J connectivity index is 1.65. The molecule has 2 amide bonds. The predicted octanol–water partition coefficient (Wildman–Crippen LogP) is 2.60. The van der Waals surface area contributed by atoms with E-state index in [9.17, 15) is 14.0 Å². The first-order valence-corrected chi connectivity index (χ1v) is 10.0. The molecule has 1 unspecified atom stereocenters. The molecule has 1 aliphatic heterocycles. The average molecular weight is 396 g/mol. The van der Waals surface area contributed by atoms with Crippen LogP contribution in [0.15, 0.2) is 18.2 Å². The van der Waals surface area contributed by atoms with Gasteiger partial charge in [0.05, 0.1) is 5.41 Å². The molecule has 7 heteroatoms. The largest absolute Gasteiger partial charge is 0.354 e. The lowest BCUT2D eigenvalue weighted by Crippen LogP contribution is -2.50. The number of nitrogens with two attached hydrogens (primary N) is 1. The zero-order valence-corrected chi connectivity index (χ0v) is 16.2. The van der Waals surface area contributed by atoms with Gasteiger partial charge in [-0.1, -0.05) is 30.5 Å². The van der Waals surface area contributed by atoms with E-state index in [0.29, 0.717) is 43.1 Å². The maximum absolute atomic E-state index is 13.4. The molecule has 5 nitrogen and oxygen atoms in total.